The Labute approximate surface area is 189 Å². The van der Waals surface area contributed by atoms with Crippen molar-refractivity contribution < 1.29 is 24.9 Å². The summed E-state index contributed by atoms with van der Waals surface area (Å²) < 4.78 is 5.48. The van der Waals surface area contributed by atoms with E-state index in [1.807, 2.05) is 11.4 Å². The molecule has 1 aromatic rings. The number of carbonyl (C=O) groups is 1. The first kappa shape index (κ1) is 23.2. The molecule has 6 heteroatoms. The molecule has 0 radical (unpaired) electrons. The smallest absolute Gasteiger partial charge is 0.302 e. The lowest BCUT2D eigenvalue weighted by molar-refractivity contribution is -0.164. The number of fused-ring (bicyclic) bond motifs is 1. The van der Waals surface area contributed by atoms with Gasteiger partial charge < -0.3 is 20.1 Å². The predicted molar refractivity (Wildman–Crippen MR) is 120 cm³/mol. The zero-order valence-corrected chi connectivity index (χ0v) is 19.9. The molecule has 3 N–H and O–H groups in total. The molecule has 8 unspecified atom stereocenters. The first-order chi connectivity index (χ1) is 14.7. The van der Waals surface area contributed by atoms with Crippen LogP contribution in [-0.2, 0) is 15.1 Å². The standard InChI is InChI=1S/C25H38O5S/c1-16(28)30-18-6-9-23(2,17(13-18)14-26)20-7-10-24(3)21(19(20)15-27)8-11-25(24,29)22-5-4-12-31-22/h4-5,12,17-21,26-27,29H,6-11,13-15H2,1-3H3. The van der Waals surface area contributed by atoms with E-state index < -0.39 is 5.60 Å². The average Bonchev–Trinajstić information content (AvgIpc) is 3.36. The van der Waals surface area contributed by atoms with Crippen LogP contribution in [0.4, 0.5) is 0 Å². The van der Waals surface area contributed by atoms with E-state index in [4.69, 9.17) is 4.74 Å². The van der Waals surface area contributed by atoms with Gasteiger partial charge in [0.15, 0.2) is 0 Å². The highest BCUT2D eigenvalue weighted by Crippen LogP contribution is 2.67. The molecule has 3 aliphatic rings. The van der Waals surface area contributed by atoms with E-state index >= 15 is 0 Å². The van der Waals surface area contributed by atoms with Gasteiger partial charge in [0.25, 0.3) is 0 Å². The molecule has 0 aromatic carbocycles. The van der Waals surface area contributed by atoms with Gasteiger partial charge >= 0.3 is 5.97 Å². The Hall–Kier alpha value is -0.950. The number of ether oxygens (including phenoxy) is 1. The number of hydrogen-bond donors (Lipinski definition) is 3. The molecular formula is C25H38O5S. The lowest BCUT2D eigenvalue weighted by atomic mass is 9.48. The number of aliphatic hydroxyl groups excluding tert-OH is 2. The topological polar surface area (TPSA) is 87.0 Å². The van der Waals surface area contributed by atoms with Crippen LogP contribution in [0, 0.1) is 34.5 Å². The lowest BCUT2D eigenvalue weighted by Gasteiger charge is -2.58. The normalized spacial score (nSPS) is 45.3. The number of thiophene rings is 1. The molecule has 4 rings (SSSR count). The minimum Gasteiger partial charge on any atom is -0.463 e. The van der Waals surface area contributed by atoms with E-state index in [9.17, 15) is 20.1 Å². The molecule has 5 nitrogen and oxygen atoms in total. The minimum atomic E-state index is -0.825. The number of esters is 1. The maximum Gasteiger partial charge on any atom is 0.302 e. The maximum absolute atomic E-state index is 11.8. The van der Waals surface area contributed by atoms with Gasteiger partial charge in [0, 0.05) is 30.4 Å². The summed E-state index contributed by atoms with van der Waals surface area (Å²) in [5.41, 5.74) is -1.18. The van der Waals surface area contributed by atoms with Crippen LogP contribution in [0.1, 0.15) is 70.6 Å². The number of rotatable bonds is 5. The molecule has 1 aromatic heterocycles. The van der Waals surface area contributed by atoms with Crippen LogP contribution in [0.15, 0.2) is 17.5 Å². The molecule has 3 saturated carbocycles. The Morgan fingerprint density at radius 1 is 1.13 bits per heavy atom. The molecule has 0 saturated heterocycles. The number of carbonyl (C=O) groups excluding carboxylic acids is 1. The zero-order chi connectivity index (χ0) is 22.4. The van der Waals surface area contributed by atoms with Crippen LogP contribution in [0.3, 0.4) is 0 Å². The van der Waals surface area contributed by atoms with Gasteiger partial charge in [0.05, 0.1) is 0 Å². The summed E-state index contributed by atoms with van der Waals surface area (Å²) in [5, 5.41) is 34.7. The zero-order valence-electron chi connectivity index (χ0n) is 19.0. The fourth-order valence-electron chi connectivity index (χ4n) is 7.79. The predicted octanol–water partition coefficient (Wildman–Crippen LogP) is 4.10. The quantitative estimate of drug-likeness (QED) is 0.588. The van der Waals surface area contributed by atoms with Crippen molar-refractivity contribution in [2.45, 2.75) is 77.4 Å². The van der Waals surface area contributed by atoms with Crippen LogP contribution in [0.5, 0.6) is 0 Å². The van der Waals surface area contributed by atoms with Crippen LogP contribution in [0.2, 0.25) is 0 Å². The van der Waals surface area contributed by atoms with Crippen molar-refractivity contribution in [1.29, 1.82) is 0 Å². The second-order valence-electron chi connectivity index (χ2n) is 10.8. The van der Waals surface area contributed by atoms with Gasteiger partial charge in [-0.1, -0.05) is 19.9 Å². The summed E-state index contributed by atoms with van der Waals surface area (Å²) in [6.07, 6.45) is 5.78. The molecule has 0 bridgehead atoms. The second kappa shape index (κ2) is 8.44. The molecule has 31 heavy (non-hydrogen) atoms. The Morgan fingerprint density at radius 2 is 1.87 bits per heavy atom. The van der Waals surface area contributed by atoms with Crippen molar-refractivity contribution in [3.05, 3.63) is 22.4 Å². The first-order valence-corrected chi connectivity index (χ1v) is 12.7. The highest BCUT2D eigenvalue weighted by molar-refractivity contribution is 7.10. The molecular weight excluding hydrogens is 412 g/mol. The third-order valence-electron chi connectivity index (χ3n) is 9.61. The van der Waals surface area contributed by atoms with Crippen molar-refractivity contribution in [2.75, 3.05) is 13.2 Å². The summed E-state index contributed by atoms with van der Waals surface area (Å²) in [7, 11) is 0. The van der Waals surface area contributed by atoms with Crippen LogP contribution < -0.4 is 0 Å². The van der Waals surface area contributed by atoms with Crippen LogP contribution in [0.25, 0.3) is 0 Å². The van der Waals surface area contributed by atoms with Crippen LogP contribution in [-0.4, -0.2) is 40.6 Å². The number of hydrogen-bond acceptors (Lipinski definition) is 6. The molecule has 3 fully saturated rings. The Balaban J connectivity index is 1.60. The van der Waals surface area contributed by atoms with Crippen molar-refractivity contribution in [2.24, 2.45) is 34.5 Å². The van der Waals surface area contributed by atoms with E-state index in [-0.39, 0.29) is 59.8 Å². The third-order valence-corrected chi connectivity index (χ3v) is 10.6. The van der Waals surface area contributed by atoms with Gasteiger partial charge in [0.2, 0.25) is 0 Å². The van der Waals surface area contributed by atoms with E-state index in [2.05, 4.69) is 19.9 Å². The van der Waals surface area contributed by atoms with E-state index in [1.54, 1.807) is 11.3 Å². The molecule has 3 aliphatic carbocycles. The van der Waals surface area contributed by atoms with Gasteiger partial charge in [-0.05, 0) is 85.5 Å². The summed E-state index contributed by atoms with van der Waals surface area (Å²) >= 11 is 1.63. The second-order valence-corrected chi connectivity index (χ2v) is 11.7. The monoisotopic (exact) mass is 450 g/mol. The fourth-order valence-corrected chi connectivity index (χ4v) is 8.78. The molecule has 0 amide bonds. The fraction of sp³-hybridized carbons (Fsp3) is 0.800. The van der Waals surface area contributed by atoms with Gasteiger partial charge in [0.1, 0.15) is 11.7 Å². The van der Waals surface area contributed by atoms with Gasteiger partial charge in [-0.3, -0.25) is 4.79 Å². The molecule has 1 heterocycles. The summed E-state index contributed by atoms with van der Waals surface area (Å²) in [6.45, 7) is 6.14. The Kier molecular flexibility index (Phi) is 6.32. The van der Waals surface area contributed by atoms with Crippen molar-refractivity contribution in [1.82, 2.24) is 0 Å². The molecule has 0 aliphatic heterocycles. The van der Waals surface area contributed by atoms with Gasteiger partial charge in [-0.25, -0.2) is 0 Å². The molecule has 174 valence electrons. The molecule has 0 spiro atoms. The summed E-state index contributed by atoms with van der Waals surface area (Å²) in [4.78, 5) is 12.5. The Bertz CT molecular complexity index is 781. The number of aliphatic hydroxyl groups is 3. The third kappa shape index (κ3) is 3.58. The van der Waals surface area contributed by atoms with Crippen LogP contribution >= 0.6 is 11.3 Å². The highest BCUT2D eigenvalue weighted by atomic mass is 32.1. The van der Waals surface area contributed by atoms with Crippen molar-refractivity contribution >= 4 is 17.3 Å². The van der Waals surface area contributed by atoms with E-state index in [1.165, 1.54) is 6.92 Å². The highest BCUT2D eigenvalue weighted by Gasteiger charge is 2.64. The lowest BCUT2D eigenvalue weighted by Crippen LogP contribution is -2.55. The Morgan fingerprint density at radius 3 is 2.48 bits per heavy atom. The van der Waals surface area contributed by atoms with Crippen molar-refractivity contribution in [3.63, 3.8) is 0 Å². The first-order valence-electron chi connectivity index (χ1n) is 11.8. The van der Waals surface area contributed by atoms with Gasteiger partial charge in [-0.15, -0.1) is 11.3 Å². The molecule has 8 atom stereocenters. The maximum atomic E-state index is 11.8. The van der Waals surface area contributed by atoms with E-state index in [0.29, 0.717) is 6.42 Å². The largest absolute Gasteiger partial charge is 0.463 e. The van der Waals surface area contributed by atoms with Gasteiger partial charge in [-0.2, -0.15) is 0 Å². The summed E-state index contributed by atoms with van der Waals surface area (Å²) in [5.74, 6) is 0.442. The minimum absolute atomic E-state index is 0.0478. The van der Waals surface area contributed by atoms with Crippen molar-refractivity contribution in [3.8, 4) is 0 Å². The van der Waals surface area contributed by atoms with E-state index in [0.717, 1.165) is 43.4 Å². The SMILES string of the molecule is CC(=O)OC1CCC(C)(C2CCC3(C)C(CCC3(O)c3cccs3)C2CO)C(CO)C1. The summed E-state index contributed by atoms with van der Waals surface area (Å²) in [6, 6.07) is 4.07. The average molecular weight is 451 g/mol.